The van der Waals surface area contributed by atoms with E-state index in [2.05, 4.69) is 5.32 Å². The molecule has 0 bridgehead atoms. The Balaban J connectivity index is 2.01. The number of carbonyl (C=O) groups excluding carboxylic acids is 1. The fourth-order valence-corrected chi connectivity index (χ4v) is 3.98. The minimum atomic E-state index is -4.92. The molecule has 1 amide bonds. The molecule has 1 heterocycles. The molecule has 1 atom stereocenters. The van der Waals surface area contributed by atoms with E-state index in [1.165, 1.54) is 23.4 Å². The van der Waals surface area contributed by atoms with Crippen LogP contribution < -0.4 is 10.6 Å². The van der Waals surface area contributed by atoms with E-state index in [0.717, 1.165) is 0 Å². The van der Waals surface area contributed by atoms with E-state index < -0.39 is 28.1 Å². The Bertz CT molecular complexity index is 699. The van der Waals surface area contributed by atoms with Gasteiger partial charge in [0.05, 0.1) is 4.90 Å². The van der Waals surface area contributed by atoms with Crippen LogP contribution in [0.3, 0.4) is 0 Å². The summed E-state index contributed by atoms with van der Waals surface area (Å²) in [5.74, 6) is -1.99. The summed E-state index contributed by atoms with van der Waals surface area (Å²) in [6, 6.07) is 5.23. The number of benzene rings is 1. The number of amides is 1. The Hall–Kier alpha value is -1.65. The Morgan fingerprint density at radius 1 is 1.24 bits per heavy atom. The molecule has 2 N–H and O–H groups in total. The van der Waals surface area contributed by atoms with Crippen molar-refractivity contribution in [3.05, 3.63) is 29.8 Å². The molecule has 0 aromatic heterocycles. The molecule has 0 saturated carbocycles. The van der Waals surface area contributed by atoms with Crippen molar-refractivity contribution in [2.24, 2.45) is 0 Å². The maximum Gasteiger partial charge on any atom is 0.471 e. The van der Waals surface area contributed by atoms with E-state index in [0.29, 0.717) is 31.7 Å². The molecule has 1 aromatic rings. The number of sulfonamides is 1. The SMILES string of the molecule is CC(Cc1ccc(S(=O)(=O)N2CCNCC2)cc1)NC(=O)C(F)(F)F. The molecule has 1 aliphatic rings. The highest BCUT2D eigenvalue weighted by atomic mass is 32.2. The molecule has 10 heteroatoms. The van der Waals surface area contributed by atoms with Crippen molar-refractivity contribution < 1.29 is 26.4 Å². The Morgan fingerprint density at radius 2 is 1.80 bits per heavy atom. The van der Waals surface area contributed by atoms with Crippen molar-refractivity contribution in [1.82, 2.24) is 14.9 Å². The zero-order valence-corrected chi connectivity index (χ0v) is 14.5. The van der Waals surface area contributed by atoms with Crippen LogP contribution >= 0.6 is 0 Å². The Labute approximate surface area is 144 Å². The normalized spacial score (nSPS) is 17.9. The molecule has 2 rings (SSSR count). The van der Waals surface area contributed by atoms with Crippen molar-refractivity contribution in [2.45, 2.75) is 30.5 Å². The summed E-state index contributed by atoms with van der Waals surface area (Å²) >= 11 is 0. The molecule has 1 fully saturated rings. The number of alkyl halides is 3. The van der Waals surface area contributed by atoms with Gasteiger partial charge in [-0.25, -0.2) is 8.42 Å². The van der Waals surface area contributed by atoms with Gasteiger partial charge in [-0.05, 0) is 31.0 Å². The van der Waals surface area contributed by atoms with Crippen LogP contribution in [0.25, 0.3) is 0 Å². The van der Waals surface area contributed by atoms with Gasteiger partial charge in [-0.3, -0.25) is 4.79 Å². The first-order chi connectivity index (χ1) is 11.6. The lowest BCUT2D eigenvalue weighted by atomic mass is 10.1. The number of hydrogen-bond acceptors (Lipinski definition) is 4. The van der Waals surface area contributed by atoms with E-state index in [-0.39, 0.29) is 11.3 Å². The lowest BCUT2D eigenvalue weighted by Gasteiger charge is -2.26. The number of carbonyl (C=O) groups is 1. The predicted molar refractivity (Wildman–Crippen MR) is 85.4 cm³/mol. The second-order valence-electron chi connectivity index (χ2n) is 5.87. The molecule has 0 radical (unpaired) electrons. The smallest absolute Gasteiger partial charge is 0.345 e. The van der Waals surface area contributed by atoms with Gasteiger partial charge in [-0.15, -0.1) is 0 Å². The zero-order chi connectivity index (χ0) is 18.7. The number of halogens is 3. The van der Waals surface area contributed by atoms with Gasteiger partial charge < -0.3 is 10.6 Å². The molecule has 6 nitrogen and oxygen atoms in total. The standard InChI is InChI=1S/C15H20F3N3O3S/c1-11(20-14(22)15(16,17)18)10-12-2-4-13(5-3-12)25(23,24)21-8-6-19-7-9-21/h2-5,11,19H,6-10H2,1H3,(H,20,22). The first-order valence-corrected chi connectivity index (χ1v) is 9.22. The topological polar surface area (TPSA) is 78.5 Å². The van der Waals surface area contributed by atoms with E-state index in [1.807, 2.05) is 5.32 Å². The van der Waals surface area contributed by atoms with Gasteiger partial charge in [0.25, 0.3) is 0 Å². The van der Waals surface area contributed by atoms with Gasteiger partial charge >= 0.3 is 12.1 Å². The highest BCUT2D eigenvalue weighted by molar-refractivity contribution is 7.89. The van der Waals surface area contributed by atoms with Crippen LogP contribution in [0.4, 0.5) is 13.2 Å². The van der Waals surface area contributed by atoms with E-state index >= 15 is 0 Å². The molecular formula is C15H20F3N3O3S. The summed E-state index contributed by atoms with van der Waals surface area (Å²) in [4.78, 5) is 11.0. The van der Waals surface area contributed by atoms with E-state index in [4.69, 9.17) is 0 Å². The third-order valence-corrected chi connectivity index (χ3v) is 5.73. The van der Waals surface area contributed by atoms with Gasteiger partial charge in [0, 0.05) is 32.2 Å². The molecule has 25 heavy (non-hydrogen) atoms. The maximum atomic E-state index is 12.5. The van der Waals surface area contributed by atoms with Crippen LogP contribution in [0.15, 0.2) is 29.2 Å². The third-order valence-electron chi connectivity index (χ3n) is 3.81. The molecule has 1 aromatic carbocycles. The summed E-state index contributed by atoms with van der Waals surface area (Å²) in [7, 11) is -3.57. The summed E-state index contributed by atoms with van der Waals surface area (Å²) in [6.45, 7) is 3.42. The summed E-state index contributed by atoms with van der Waals surface area (Å²) in [6.07, 6.45) is -4.76. The van der Waals surface area contributed by atoms with E-state index in [1.54, 1.807) is 12.1 Å². The molecule has 1 unspecified atom stereocenters. The average Bonchev–Trinajstić information content (AvgIpc) is 2.55. The molecule has 140 valence electrons. The van der Waals surface area contributed by atoms with Crippen molar-refractivity contribution in [2.75, 3.05) is 26.2 Å². The van der Waals surface area contributed by atoms with Crippen LogP contribution in [-0.4, -0.2) is 57.0 Å². The largest absolute Gasteiger partial charge is 0.471 e. The first-order valence-electron chi connectivity index (χ1n) is 7.78. The second kappa shape index (κ2) is 7.71. The lowest BCUT2D eigenvalue weighted by Crippen LogP contribution is -2.46. The van der Waals surface area contributed by atoms with Crippen LogP contribution in [0.2, 0.25) is 0 Å². The van der Waals surface area contributed by atoms with Crippen molar-refractivity contribution >= 4 is 15.9 Å². The molecule has 1 aliphatic heterocycles. The number of hydrogen-bond donors (Lipinski definition) is 2. The van der Waals surface area contributed by atoms with Crippen LogP contribution in [0.1, 0.15) is 12.5 Å². The number of rotatable bonds is 5. The second-order valence-corrected chi connectivity index (χ2v) is 7.81. The van der Waals surface area contributed by atoms with Crippen LogP contribution in [0, 0.1) is 0 Å². The predicted octanol–water partition coefficient (Wildman–Crippen LogP) is 0.890. The fourth-order valence-electron chi connectivity index (χ4n) is 2.54. The number of piperazine rings is 1. The van der Waals surface area contributed by atoms with Gasteiger partial charge in [0.2, 0.25) is 10.0 Å². The molecule has 0 aliphatic carbocycles. The van der Waals surface area contributed by atoms with Crippen molar-refractivity contribution in [1.29, 1.82) is 0 Å². The van der Waals surface area contributed by atoms with Crippen molar-refractivity contribution in [3.63, 3.8) is 0 Å². The van der Waals surface area contributed by atoms with E-state index in [9.17, 15) is 26.4 Å². The van der Waals surface area contributed by atoms with Gasteiger partial charge in [-0.2, -0.15) is 17.5 Å². The van der Waals surface area contributed by atoms with Crippen LogP contribution in [0.5, 0.6) is 0 Å². The van der Waals surface area contributed by atoms with Crippen LogP contribution in [-0.2, 0) is 21.2 Å². The summed E-state index contributed by atoms with van der Waals surface area (Å²) in [5.41, 5.74) is 0.634. The highest BCUT2D eigenvalue weighted by Gasteiger charge is 2.39. The van der Waals surface area contributed by atoms with Gasteiger partial charge in [0.15, 0.2) is 0 Å². The fraction of sp³-hybridized carbons (Fsp3) is 0.533. The van der Waals surface area contributed by atoms with Gasteiger partial charge in [-0.1, -0.05) is 12.1 Å². The number of nitrogens with one attached hydrogen (secondary N) is 2. The zero-order valence-electron chi connectivity index (χ0n) is 13.6. The summed E-state index contributed by atoms with van der Waals surface area (Å²) < 4.78 is 63.0. The maximum absolute atomic E-state index is 12.5. The van der Waals surface area contributed by atoms with Gasteiger partial charge in [0.1, 0.15) is 0 Å². The number of nitrogens with zero attached hydrogens (tertiary/aromatic N) is 1. The molecule has 0 spiro atoms. The lowest BCUT2D eigenvalue weighted by molar-refractivity contribution is -0.174. The quantitative estimate of drug-likeness (QED) is 0.797. The Morgan fingerprint density at radius 3 is 2.32 bits per heavy atom. The minimum Gasteiger partial charge on any atom is -0.345 e. The minimum absolute atomic E-state index is 0.144. The highest BCUT2D eigenvalue weighted by Crippen LogP contribution is 2.18. The monoisotopic (exact) mass is 379 g/mol. The average molecular weight is 379 g/mol. The molecule has 1 saturated heterocycles. The first kappa shape index (κ1) is 19.7. The molecular weight excluding hydrogens is 359 g/mol. The third kappa shape index (κ3) is 5.16. The van der Waals surface area contributed by atoms with Crippen molar-refractivity contribution in [3.8, 4) is 0 Å². The summed E-state index contributed by atoms with van der Waals surface area (Å²) in [5, 5.41) is 4.94. The Kier molecular flexibility index (Phi) is 6.07.